The van der Waals surface area contributed by atoms with Crippen LogP contribution in [-0.4, -0.2) is 25.8 Å². The molecule has 5 nitrogen and oxygen atoms in total. The number of aliphatic hydroxyl groups is 1. The highest BCUT2D eigenvalue weighted by atomic mass is 35.5. The number of aliphatic hydroxyl groups excluding tert-OH is 1. The molecule has 1 aromatic heterocycles. The first kappa shape index (κ1) is 15.6. The van der Waals surface area contributed by atoms with Gasteiger partial charge in [-0.2, -0.15) is 0 Å². The van der Waals surface area contributed by atoms with Crippen LogP contribution in [0.4, 0.5) is 0 Å². The van der Waals surface area contributed by atoms with Gasteiger partial charge < -0.3 is 14.8 Å². The van der Waals surface area contributed by atoms with Crippen LogP contribution in [0.3, 0.4) is 0 Å². The van der Waals surface area contributed by atoms with Gasteiger partial charge in [-0.3, -0.25) is 0 Å². The van der Waals surface area contributed by atoms with Crippen molar-refractivity contribution < 1.29 is 17.9 Å². The van der Waals surface area contributed by atoms with Crippen LogP contribution in [0.1, 0.15) is 29.9 Å². The zero-order valence-corrected chi connectivity index (χ0v) is 13.3. The van der Waals surface area contributed by atoms with Gasteiger partial charge in [0, 0.05) is 17.6 Å². The lowest BCUT2D eigenvalue weighted by Crippen LogP contribution is -2.32. The smallest absolute Gasteiger partial charge is 0.178 e. The normalized spacial score (nSPS) is 21.3. The SMILES string of the molecule is O=S1(=O)CC[C@H](NC[C@H](O)c2ccco2)c2cc(Cl)ccc21. The third kappa shape index (κ3) is 3.05. The molecule has 0 bridgehead atoms. The van der Waals surface area contributed by atoms with Gasteiger partial charge in [0.1, 0.15) is 11.9 Å². The van der Waals surface area contributed by atoms with Crippen LogP contribution in [0.5, 0.6) is 0 Å². The lowest BCUT2D eigenvalue weighted by molar-refractivity contribution is 0.143. The third-order valence-electron chi connectivity index (χ3n) is 3.79. The van der Waals surface area contributed by atoms with Crippen LogP contribution in [0.2, 0.25) is 5.02 Å². The summed E-state index contributed by atoms with van der Waals surface area (Å²) in [6, 6.07) is 8.04. The van der Waals surface area contributed by atoms with Gasteiger partial charge in [0.25, 0.3) is 0 Å². The summed E-state index contributed by atoms with van der Waals surface area (Å²) in [7, 11) is -3.25. The second-order valence-corrected chi connectivity index (χ2v) is 7.80. The number of benzene rings is 1. The van der Waals surface area contributed by atoms with Gasteiger partial charge >= 0.3 is 0 Å². The molecule has 118 valence electrons. The van der Waals surface area contributed by atoms with Crippen molar-refractivity contribution in [3.63, 3.8) is 0 Å². The van der Waals surface area contributed by atoms with Gasteiger partial charge in [0.15, 0.2) is 9.84 Å². The third-order valence-corrected chi connectivity index (χ3v) is 5.84. The Morgan fingerprint density at radius 1 is 1.41 bits per heavy atom. The molecule has 0 aliphatic carbocycles. The van der Waals surface area contributed by atoms with E-state index >= 15 is 0 Å². The summed E-state index contributed by atoms with van der Waals surface area (Å²) in [6.45, 7) is 0.268. The molecule has 7 heteroatoms. The molecule has 0 saturated heterocycles. The molecule has 2 aromatic rings. The fourth-order valence-corrected chi connectivity index (χ4v) is 4.44. The summed E-state index contributed by atoms with van der Waals surface area (Å²) in [5.74, 6) is 0.554. The number of nitrogens with one attached hydrogen (secondary N) is 1. The summed E-state index contributed by atoms with van der Waals surface area (Å²) in [4.78, 5) is 0.313. The molecule has 1 aliphatic heterocycles. The van der Waals surface area contributed by atoms with E-state index < -0.39 is 15.9 Å². The molecule has 22 heavy (non-hydrogen) atoms. The van der Waals surface area contributed by atoms with Gasteiger partial charge in [-0.1, -0.05) is 11.6 Å². The lowest BCUT2D eigenvalue weighted by atomic mass is 10.0. The predicted octanol–water partition coefficient (Wildman–Crippen LogP) is 2.47. The first-order valence-electron chi connectivity index (χ1n) is 6.94. The number of sulfone groups is 1. The minimum absolute atomic E-state index is 0.0795. The molecule has 2 N–H and O–H groups in total. The number of rotatable bonds is 4. The van der Waals surface area contributed by atoms with E-state index in [4.69, 9.17) is 16.0 Å². The first-order valence-corrected chi connectivity index (χ1v) is 8.97. The molecule has 0 radical (unpaired) electrons. The Labute approximate surface area is 133 Å². The molecule has 2 atom stereocenters. The van der Waals surface area contributed by atoms with Gasteiger partial charge in [-0.15, -0.1) is 0 Å². The highest BCUT2D eigenvalue weighted by molar-refractivity contribution is 7.91. The Morgan fingerprint density at radius 3 is 2.95 bits per heavy atom. The van der Waals surface area contributed by atoms with Crippen molar-refractivity contribution in [3.05, 3.63) is 52.9 Å². The maximum Gasteiger partial charge on any atom is 0.178 e. The monoisotopic (exact) mass is 341 g/mol. The summed E-state index contributed by atoms with van der Waals surface area (Å²) < 4.78 is 29.4. The maximum atomic E-state index is 12.1. The fraction of sp³-hybridized carbons (Fsp3) is 0.333. The summed E-state index contributed by atoms with van der Waals surface area (Å²) >= 11 is 5.99. The lowest BCUT2D eigenvalue weighted by Gasteiger charge is -2.27. The van der Waals surface area contributed by atoms with Crippen LogP contribution < -0.4 is 5.32 Å². The van der Waals surface area contributed by atoms with Crippen LogP contribution >= 0.6 is 11.6 Å². The Bertz CT molecular complexity index is 758. The van der Waals surface area contributed by atoms with Crippen LogP contribution in [-0.2, 0) is 9.84 Å². The maximum absolute atomic E-state index is 12.1. The number of halogens is 1. The predicted molar refractivity (Wildman–Crippen MR) is 82.5 cm³/mol. The Balaban J connectivity index is 1.80. The first-order chi connectivity index (χ1) is 10.5. The van der Waals surface area contributed by atoms with Crippen molar-refractivity contribution >= 4 is 21.4 Å². The summed E-state index contributed by atoms with van der Waals surface area (Å²) in [5.41, 5.74) is 0.658. The van der Waals surface area contributed by atoms with Crippen molar-refractivity contribution in [2.75, 3.05) is 12.3 Å². The summed E-state index contributed by atoms with van der Waals surface area (Å²) in [5, 5.41) is 13.7. The zero-order chi connectivity index (χ0) is 15.7. The largest absolute Gasteiger partial charge is 0.467 e. The van der Waals surface area contributed by atoms with Crippen molar-refractivity contribution in [2.24, 2.45) is 0 Å². The Morgan fingerprint density at radius 2 is 2.23 bits per heavy atom. The van der Waals surface area contributed by atoms with Crippen molar-refractivity contribution in [3.8, 4) is 0 Å². The average Bonchev–Trinajstić information content (AvgIpc) is 3.00. The van der Waals surface area contributed by atoms with E-state index in [1.54, 1.807) is 30.3 Å². The number of hydrogen-bond acceptors (Lipinski definition) is 5. The van der Waals surface area contributed by atoms with Crippen LogP contribution in [0.25, 0.3) is 0 Å². The highest BCUT2D eigenvalue weighted by Crippen LogP contribution is 2.34. The topological polar surface area (TPSA) is 79.5 Å². The zero-order valence-electron chi connectivity index (χ0n) is 11.7. The van der Waals surface area contributed by atoms with Gasteiger partial charge in [-0.25, -0.2) is 8.42 Å². The van der Waals surface area contributed by atoms with E-state index in [0.29, 0.717) is 27.7 Å². The molecule has 0 amide bonds. The van der Waals surface area contributed by atoms with Gasteiger partial charge in [0.2, 0.25) is 0 Å². The average molecular weight is 342 g/mol. The molecule has 0 fully saturated rings. The molecule has 0 unspecified atom stereocenters. The molecule has 3 rings (SSSR count). The molecule has 0 spiro atoms. The molecule has 0 saturated carbocycles. The van der Waals surface area contributed by atoms with E-state index in [9.17, 15) is 13.5 Å². The van der Waals surface area contributed by atoms with Crippen molar-refractivity contribution in [1.29, 1.82) is 0 Å². The van der Waals surface area contributed by atoms with Crippen molar-refractivity contribution in [2.45, 2.75) is 23.5 Å². The molecule has 1 aromatic carbocycles. The highest BCUT2D eigenvalue weighted by Gasteiger charge is 2.30. The molecular weight excluding hydrogens is 326 g/mol. The molecule has 1 aliphatic rings. The van der Waals surface area contributed by atoms with E-state index in [2.05, 4.69) is 5.32 Å². The van der Waals surface area contributed by atoms with E-state index in [-0.39, 0.29) is 18.3 Å². The quantitative estimate of drug-likeness (QED) is 0.893. The van der Waals surface area contributed by atoms with Crippen LogP contribution in [0.15, 0.2) is 45.9 Å². The second-order valence-electron chi connectivity index (χ2n) is 5.28. The van der Waals surface area contributed by atoms with E-state index in [0.717, 1.165) is 0 Å². The van der Waals surface area contributed by atoms with E-state index in [1.165, 1.54) is 6.26 Å². The van der Waals surface area contributed by atoms with Crippen LogP contribution in [0, 0.1) is 0 Å². The fourth-order valence-electron chi connectivity index (χ4n) is 2.66. The van der Waals surface area contributed by atoms with Crippen molar-refractivity contribution in [1.82, 2.24) is 5.32 Å². The molecule has 2 heterocycles. The molecular formula is C15H16ClNO4S. The minimum Gasteiger partial charge on any atom is -0.467 e. The standard InChI is InChI=1S/C15H16ClNO4S/c16-10-3-4-15-11(8-10)12(5-7-22(15,19)20)17-9-13(18)14-2-1-6-21-14/h1-4,6,8,12-13,17-18H,5,7,9H2/t12-,13-/m0/s1. The Hall–Kier alpha value is -1.34. The number of furan rings is 1. The Kier molecular flexibility index (Phi) is 4.27. The van der Waals surface area contributed by atoms with E-state index in [1.807, 2.05) is 0 Å². The minimum atomic E-state index is -3.25. The number of hydrogen-bond donors (Lipinski definition) is 2. The van der Waals surface area contributed by atoms with Gasteiger partial charge in [0.05, 0.1) is 16.9 Å². The second kappa shape index (κ2) is 6.04. The van der Waals surface area contributed by atoms with Gasteiger partial charge in [-0.05, 0) is 42.3 Å². The summed E-state index contributed by atoms with van der Waals surface area (Å²) in [6.07, 6.45) is 1.16. The number of fused-ring (bicyclic) bond motifs is 1.